The first-order valence-corrected chi connectivity index (χ1v) is 13.4. The van der Waals surface area contributed by atoms with Crippen LogP contribution in [0.15, 0.2) is 40.1 Å². The van der Waals surface area contributed by atoms with E-state index in [0.717, 1.165) is 60.8 Å². The maximum atomic E-state index is 13.8. The van der Waals surface area contributed by atoms with Crippen LogP contribution in [0.25, 0.3) is 0 Å². The summed E-state index contributed by atoms with van der Waals surface area (Å²) >= 11 is 1.50. The van der Waals surface area contributed by atoms with Crippen LogP contribution in [0.1, 0.15) is 62.6 Å². The molecule has 2 aromatic rings. The number of alkyl halides is 3. The summed E-state index contributed by atoms with van der Waals surface area (Å²) in [6.07, 6.45) is 1.75. The van der Waals surface area contributed by atoms with E-state index in [2.05, 4.69) is 47.2 Å². The second-order valence-electron chi connectivity index (χ2n) is 10.0. The molecule has 0 bridgehead atoms. The van der Waals surface area contributed by atoms with Gasteiger partial charge in [-0.1, -0.05) is 24.8 Å². The Labute approximate surface area is 205 Å². The minimum Gasteiger partial charge on any atom is -0.382 e. The molecule has 3 nitrogen and oxygen atoms in total. The molecule has 5 rings (SSSR count). The van der Waals surface area contributed by atoms with Gasteiger partial charge in [0.2, 0.25) is 0 Å². The first-order valence-electron chi connectivity index (χ1n) is 12.6. The van der Waals surface area contributed by atoms with Gasteiger partial charge in [-0.25, -0.2) is 0 Å². The molecule has 3 heterocycles. The highest BCUT2D eigenvalue weighted by atomic mass is 32.2. The SMILES string of the molecule is CCCN1CCC(Nc2cc(C(F)(F)F)cc3c2Cc2ccc(N4CCCC4C)cc2S3)CC1. The molecule has 0 amide bonds. The normalized spacial score (nSPS) is 21.4. The fraction of sp³-hybridized carbons (Fsp3) is 0.556. The second kappa shape index (κ2) is 9.65. The van der Waals surface area contributed by atoms with Crippen molar-refractivity contribution in [3.8, 4) is 0 Å². The van der Waals surface area contributed by atoms with Crippen molar-refractivity contribution >= 4 is 23.1 Å². The molecule has 3 aliphatic heterocycles. The fourth-order valence-electron chi connectivity index (χ4n) is 5.64. The number of likely N-dealkylation sites (tertiary alicyclic amines) is 1. The van der Waals surface area contributed by atoms with Crippen molar-refractivity contribution < 1.29 is 13.2 Å². The Bertz CT molecular complexity index is 1030. The third-order valence-electron chi connectivity index (χ3n) is 7.55. The molecule has 1 unspecified atom stereocenters. The molecule has 0 aliphatic carbocycles. The lowest BCUT2D eigenvalue weighted by Gasteiger charge is -2.34. The molecular formula is C27H34F3N3S. The maximum Gasteiger partial charge on any atom is 0.416 e. The summed E-state index contributed by atoms with van der Waals surface area (Å²) in [5, 5.41) is 3.53. The van der Waals surface area contributed by atoms with Crippen molar-refractivity contribution in [2.75, 3.05) is 36.4 Å². The number of rotatable bonds is 5. The van der Waals surface area contributed by atoms with Crippen LogP contribution in [0.5, 0.6) is 0 Å². The summed E-state index contributed by atoms with van der Waals surface area (Å²) in [5.74, 6) is 0. The zero-order chi connectivity index (χ0) is 23.9. The number of nitrogens with one attached hydrogen (secondary N) is 1. The van der Waals surface area contributed by atoms with Gasteiger partial charge in [0.05, 0.1) is 5.56 Å². The van der Waals surface area contributed by atoms with Gasteiger partial charge in [0, 0.05) is 59.3 Å². The molecule has 184 valence electrons. The summed E-state index contributed by atoms with van der Waals surface area (Å²) < 4.78 is 41.4. The smallest absolute Gasteiger partial charge is 0.382 e. The molecular weight excluding hydrogens is 455 g/mol. The Balaban J connectivity index is 1.42. The Morgan fingerprint density at radius 1 is 1.03 bits per heavy atom. The Kier molecular flexibility index (Phi) is 6.77. The molecule has 7 heteroatoms. The minimum atomic E-state index is -4.36. The number of anilines is 2. The molecule has 1 N–H and O–H groups in total. The number of nitrogens with zero attached hydrogens (tertiary/aromatic N) is 2. The van der Waals surface area contributed by atoms with Crippen molar-refractivity contribution in [2.45, 2.75) is 80.4 Å². The average Bonchev–Trinajstić information content (AvgIpc) is 3.24. The first kappa shape index (κ1) is 23.9. The van der Waals surface area contributed by atoms with Gasteiger partial charge in [-0.3, -0.25) is 0 Å². The predicted molar refractivity (Wildman–Crippen MR) is 134 cm³/mol. The van der Waals surface area contributed by atoms with Crippen LogP contribution in [-0.2, 0) is 12.6 Å². The van der Waals surface area contributed by atoms with Crippen molar-refractivity contribution in [1.29, 1.82) is 0 Å². The van der Waals surface area contributed by atoms with Gasteiger partial charge < -0.3 is 15.1 Å². The summed E-state index contributed by atoms with van der Waals surface area (Å²) in [6, 6.07) is 9.96. The van der Waals surface area contributed by atoms with Gasteiger partial charge in [0.1, 0.15) is 0 Å². The van der Waals surface area contributed by atoms with Gasteiger partial charge in [0.25, 0.3) is 0 Å². The number of piperidine rings is 1. The van der Waals surface area contributed by atoms with Crippen molar-refractivity contribution in [3.05, 3.63) is 47.0 Å². The highest BCUT2D eigenvalue weighted by Crippen LogP contribution is 2.47. The maximum absolute atomic E-state index is 13.8. The average molecular weight is 490 g/mol. The van der Waals surface area contributed by atoms with Gasteiger partial charge in [-0.05, 0) is 81.0 Å². The number of fused-ring (bicyclic) bond motifs is 2. The largest absolute Gasteiger partial charge is 0.416 e. The molecule has 0 radical (unpaired) electrons. The molecule has 3 aliphatic rings. The lowest BCUT2D eigenvalue weighted by atomic mass is 9.97. The molecule has 34 heavy (non-hydrogen) atoms. The van der Waals surface area contributed by atoms with Crippen molar-refractivity contribution in [2.24, 2.45) is 0 Å². The molecule has 0 aromatic heterocycles. The van der Waals surface area contributed by atoms with Gasteiger partial charge in [-0.2, -0.15) is 13.2 Å². The van der Waals surface area contributed by atoms with E-state index in [9.17, 15) is 13.2 Å². The summed E-state index contributed by atoms with van der Waals surface area (Å²) in [5.41, 5.74) is 3.49. The monoisotopic (exact) mass is 489 g/mol. The molecule has 0 saturated carbocycles. The van der Waals surface area contributed by atoms with Crippen LogP contribution in [0.3, 0.4) is 0 Å². The number of hydrogen-bond donors (Lipinski definition) is 1. The van der Waals surface area contributed by atoms with E-state index < -0.39 is 11.7 Å². The van der Waals surface area contributed by atoms with E-state index in [1.54, 1.807) is 0 Å². The number of halogens is 3. The lowest BCUT2D eigenvalue weighted by molar-refractivity contribution is -0.137. The molecule has 0 spiro atoms. The van der Waals surface area contributed by atoms with E-state index in [4.69, 9.17) is 0 Å². The van der Waals surface area contributed by atoms with Gasteiger partial charge >= 0.3 is 6.18 Å². The topological polar surface area (TPSA) is 18.5 Å². The van der Waals surface area contributed by atoms with Crippen LogP contribution in [0.2, 0.25) is 0 Å². The standard InChI is InChI=1S/C27H34F3N3S/c1-3-10-32-12-8-21(9-13-32)31-24-15-20(27(28,29)30)16-26-23(24)14-19-6-7-22(17-25(19)34-26)33-11-4-5-18(33)2/h6-7,15-18,21,31H,3-5,8-14H2,1-2H3. The number of benzene rings is 2. The molecule has 2 fully saturated rings. The van der Waals surface area contributed by atoms with Crippen LogP contribution >= 0.6 is 11.8 Å². The van der Waals surface area contributed by atoms with Crippen LogP contribution < -0.4 is 10.2 Å². The Morgan fingerprint density at radius 3 is 2.50 bits per heavy atom. The van der Waals surface area contributed by atoms with E-state index in [0.29, 0.717) is 18.2 Å². The number of hydrogen-bond acceptors (Lipinski definition) is 4. The van der Waals surface area contributed by atoms with E-state index in [1.807, 2.05) is 0 Å². The third kappa shape index (κ3) is 4.92. The quantitative estimate of drug-likeness (QED) is 0.414. The fourth-order valence-corrected chi connectivity index (χ4v) is 6.82. The van der Waals surface area contributed by atoms with E-state index >= 15 is 0 Å². The van der Waals surface area contributed by atoms with Crippen LogP contribution in [0, 0.1) is 0 Å². The molecule has 2 aromatic carbocycles. The first-order chi connectivity index (χ1) is 16.3. The van der Waals surface area contributed by atoms with Gasteiger partial charge in [-0.15, -0.1) is 0 Å². The Hall–Kier alpha value is -1.86. The van der Waals surface area contributed by atoms with E-state index in [1.165, 1.54) is 48.0 Å². The predicted octanol–water partition coefficient (Wildman–Crippen LogP) is 7.04. The second-order valence-corrected chi connectivity index (χ2v) is 11.1. The zero-order valence-electron chi connectivity index (χ0n) is 20.0. The summed E-state index contributed by atoms with van der Waals surface area (Å²) in [6.45, 7) is 8.57. The minimum absolute atomic E-state index is 0.214. The zero-order valence-corrected chi connectivity index (χ0v) is 20.9. The highest BCUT2D eigenvalue weighted by Gasteiger charge is 2.34. The molecule has 1 atom stereocenters. The third-order valence-corrected chi connectivity index (χ3v) is 8.73. The lowest BCUT2D eigenvalue weighted by Crippen LogP contribution is -2.39. The van der Waals surface area contributed by atoms with Gasteiger partial charge in [0.15, 0.2) is 0 Å². The van der Waals surface area contributed by atoms with Crippen molar-refractivity contribution in [1.82, 2.24) is 4.90 Å². The summed E-state index contributed by atoms with van der Waals surface area (Å²) in [7, 11) is 0. The van der Waals surface area contributed by atoms with E-state index in [-0.39, 0.29) is 6.04 Å². The van der Waals surface area contributed by atoms with Crippen LogP contribution in [-0.4, -0.2) is 43.2 Å². The molecule has 2 saturated heterocycles. The van der Waals surface area contributed by atoms with Crippen LogP contribution in [0.4, 0.5) is 24.5 Å². The summed E-state index contributed by atoms with van der Waals surface area (Å²) in [4.78, 5) is 6.69. The van der Waals surface area contributed by atoms with Crippen molar-refractivity contribution in [3.63, 3.8) is 0 Å². The Morgan fingerprint density at radius 2 is 1.82 bits per heavy atom. The highest BCUT2D eigenvalue weighted by molar-refractivity contribution is 7.99.